The average Bonchev–Trinajstić information content (AvgIpc) is 2.33. The van der Waals surface area contributed by atoms with Crippen LogP contribution in [0.25, 0.3) is 0 Å². The van der Waals surface area contributed by atoms with Crippen molar-refractivity contribution in [1.29, 1.82) is 5.26 Å². The summed E-state index contributed by atoms with van der Waals surface area (Å²) < 4.78 is 5.57. The molecule has 0 aliphatic heterocycles. The van der Waals surface area contributed by atoms with Gasteiger partial charge in [0.15, 0.2) is 0 Å². The van der Waals surface area contributed by atoms with E-state index in [1.165, 1.54) is 0 Å². The Labute approximate surface area is 119 Å². The Hall–Kier alpha value is -1.40. The van der Waals surface area contributed by atoms with E-state index in [0.717, 1.165) is 0 Å². The molecule has 0 aliphatic rings. The second-order valence-corrected chi connectivity index (χ2v) is 4.65. The van der Waals surface area contributed by atoms with Gasteiger partial charge in [0.25, 0.3) is 0 Å². The fourth-order valence-electron chi connectivity index (χ4n) is 1.37. The monoisotopic (exact) mass is 297 g/mol. The van der Waals surface area contributed by atoms with E-state index in [0.29, 0.717) is 26.6 Å². The molecule has 0 atom stereocenters. The molecule has 5 heteroatoms. The van der Waals surface area contributed by atoms with E-state index in [-0.39, 0.29) is 5.56 Å². The molecule has 0 fully saturated rings. The highest BCUT2D eigenvalue weighted by Crippen LogP contribution is 2.34. The van der Waals surface area contributed by atoms with Crippen LogP contribution in [0.2, 0.25) is 15.1 Å². The van der Waals surface area contributed by atoms with Crippen LogP contribution in [-0.2, 0) is 0 Å². The molecule has 2 aromatic carbocycles. The topological polar surface area (TPSA) is 33.0 Å². The van der Waals surface area contributed by atoms with Crippen LogP contribution >= 0.6 is 34.8 Å². The Morgan fingerprint density at radius 1 is 0.944 bits per heavy atom. The lowest BCUT2D eigenvalue weighted by molar-refractivity contribution is 0.481. The number of benzene rings is 2. The van der Waals surface area contributed by atoms with Gasteiger partial charge in [-0.15, -0.1) is 0 Å². The van der Waals surface area contributed by atoms with Gasteiger partial charge in [-0.2, -0.15) is 5.26 Å². The third-order valence-electron chi connectivity index (χ3n) is 2.20. The summed E-state index contributed by atoms with van der Waals surface area (Å²) in [6.07, 6.45) is 0. The highest BCUT2D eigenvalue weighted by molar-refractivity contribution is 6.35. The first kappa shape index (κ1) is 13.0. The number of ether oxygens (including phenoxy) is 1. The Kier molecular flexibility index (Phi) is 3.98. The highest BCUT2D eigenvalue weighted by Gasteiger charge is 2.10. The maximum atomic E-state index is 9.02. The highest BCUT2D eigenvalue weighted by atomic mass is 35.5. The summed E-state index contributed by atoms with van der Waals surface area (Å²) >= 11 is 17.7. The van der Waals surface area contributed by atoms with Gasteiger partial charge in [0.1, 0.15) is 23.1 Å². The van der Waals surface area contributed by atoms with Gasteiger partial charge in [-0.25, -0.2) is 0 Å². The second-order valence-electron chi connectivity index (χ2n) is 3.40. The molecule has 2 aromatic rings. The average molecular weight is 299 g/mol. The molecule has 90 valence electrons. The van der Waals surface area contributed by atoms with E-state index < -0.39 is 0 Å². The van der Waals surface area contributed by atoms with E-state index in [4.69, 9.17) is 44.8 Å². The number of nitriles is 1. The summed E-state index contributed by atoms with van der Waals surface area (Å²) in [6, 6.07) is 11.8. The van der Waals surface area contributed by atoms with Crippen molar-refractivity contribution in [2.45, 2.75) is 0 Å². The van der Waals surface area contributed by atoms with Crippen molar-refractivity contribution in [3.8, 4) is 17.6 Å². The summed E-state index contributed by atoms with van der Waals surface area (Å²) in [4.78, 5) is 0. The summed E-state index contributed by atoms with van der Waals surface area (Å²) in [6.45, 7) is 0. The molecule has 0 heterocycles. The molecule has 0 aromatic heterocycles. The van der Waals surface area contributed by atoms with Crippen LogP contribution in [0.15, 0.2) is 36.4 Å². The molecule has 0 amide bonds. The number of nitrogens with zero attached hydrogens (tertiary/aromatic N) is 1. The predicted molar refractivity (Wildman–Crippen MR) is 72.7 cm³/mol. The molecule has 0 saturated carbocycles. The molecule has 2 rings (SSSR count). The molecule has 0 bridgehead atoms. The van der Waals surface area contributed by atoms with Crippen LogP contribution in [0.4, 0.5) is 0 Å². The normalized spacial score (nSPS) is 9.89. The van der Waals surface area contributed by atoms with Gasteiger partial charge in [-0.3, -0.25) is 0 Å². The van der Waals surface area contributed by atoms with Gasteiger partial charge in [-0.05, 0) is 30.3 Å². The molecule has 0 saturated heterocycles. The van der Waals surface area contributed by atoms with E-state index in [1.54, 1.807) is 36.4 Å². The Morgan fingerprint density at radius 3 is 2.39 bits per heavy atom. The first-order chi connectivity index (χ1) is 8.61. The minimum atomic E-state index is 0.269. The molecule has 0 spiro atoms. The van der Waals surface area contributed by atoms with Crippen molar-refractivity contribution in [3.05, 3.63) is 57.0 Å². The Bertz CT molecular complexity index is 635. The van der Waals surface area contributed by atoms with E-state index in [2.05, 4.69) is 0 Å². The van der Waals surface area contributed by atoms with Gasteiger partial charge >= 0.3 is 0 Å². The van der Waals surface area contributed by atoms with Crippen molar-refractivity contribution in [1.82, 2.24) is 0 Å². The van der Waals surface area contributed by atoms with Crippen LogP contribution in [-0.4, -0.2) is 0 Å². The zero-order chi connectivity index (χ0) is 13.1. The molecular weight excluding hydrogens is 293 g/mol. The zero-order valence-corrected chi connectivity index (χ0v) is 11.2. The van der Waals surface area contributed by atoms with Crippen molar-refractivity contribution < 1.29 is 4.74 Å². The molecule has 0 aliphatic carbocycles. The first-order valence-corrected chi connectivity index (χ1v) is 6.06. The van der Waals surface area contributed by atoms with Gasteiger partial charge in [0.2, 0.25) is 0 Å². The van der Waals surface area contributed by atoms with E-state index >= 15 is 0 Å². The fraction of sp³-hybridized carbons (Fsp3) is 0. The van der Waals surface area contributed by atoms with Gasteiger partial charge in [0.05, 0.1) is 10.0 Å². The smallest absolute Gasteiger partial charge is 0.146 e. The summed E-state index contributed by atoms with van der Waals surface area (Å²) in [7, 11) is 0. The van der Waals surface area contributed by atoms with Crippen LogP contribution < -0.4 is 4.74 Å². The Morgan fingerprint density at radius 2 is 1.72 bits per heavy atom. The van der Waals surface area contributed by atoms with Crippen molar-refractivity contribution >= 4 is 34.8 Å². The molecular formula is C13H6Cl3NO. The van der Waals surface area contributed by atoms with Crippen molar-refractivity contribution in [2.24, 2.45) is 0 Å². The van der Waals surface area contributed by atoms with Crippen LogP contribution in [0, 0.1) is 11.3 Å². The molecule has 18 heavy (non-hydrogen) atoms. The van der Waals surface area contributed by atoms with Gasteiger partial charge in [-0.1, -0.05) is 40.9 Å². The fourth-order valence-corrected chi connectivity index (χ4v) is 2.03. The van der Waals surface area contributed by atoms with Crippen LogP contribution in [0.3, 0.4) is 0 Å². The van der Waals surface area contributed by atoms with Crippen LogP contribution in [0.1, 0.15) is 5.56 Å². The zero-order valence-electron chi connectivity index (χ0n) is 8.95. The quantitative estimate of drug-likeness (QED) is 0.752. The van der Waals surface area contributed by atoms with Crippen molar-refractivity contribution in [3.63, 3.8) is 0 Å². The third-order valence-corrected chi connectivity index (χ3v) is 3.05. The minimum Gasteiger partial charge on any atom is -0.454 e. The lowest BCUT2D eigenvalue weighted by Crippen LogP contribution is -1.89. The molecule has 2 nitrogen and oxygen atoms in total. The summed E-state index contributed by atoms with van der Waals surface area (Å²) in [5, 5.41) is 10.2. The third kappa shape index (κ3) is 2.70. The van der Waals surface area contributed by atoms with E-state index in [9.17, 15) is 0 Å². The maximum absolute atomic E-state index is 9.02. The number of hydrogen-bond acceptors (Lipinski definition) is 2. The maximum Gasteiger partial charge on any atom is 0.146 e. The van der Waals surface area contributed by atoms with E-state index in [1.807, 2.05) is 6.07 Å². The van der Waals surface area contributed by atoms with Crippen molar-refractivity contribution in [2.75, 3.05) is 0 Å². The largest absolute Gasteiger partial charge is 0.454 e. The first-order valence-electron chi connectivity index (χ1n) is 4.93. The SMILES string of the molecule is N#Cc1c(Cl)cccc1Oc1ccc(Cl)cc1Cl. The lowest BCUT2D eigenvalue weighted by atomic mass is 10.2. The second kappa shape index (κ2) is 5.49. The van der Waals surface area contributed by atoms with Gasteiger partial charge in [0, 0.05) is 5.02 Å². The number of halogens is 3. The molecule has 0 unspecified atom stereocenters. The summed E-state index contributed by atoms with van der Waals surface area (Å²) in [5.41, 5.74) is 0.269. The number of hydrogen-bond donors (Lipinski definition) is 0. The van der Waals surface area contributed by atoms with Gasteiger partial charge < -0.3 is 4.74 Å². The minimum absolute atomic E-state index is 0.269. The Balaban J connectivity index is 2.41. The summed E-state index contributed by atoms with van der Waals surface area (Å²) in [5.74, 6) is 0.772. The number of rotatable bonds is 2. The predicted octanol–water partition coefficient (Wildman–Crippen LogP) is 5.31. The molecule has 0 radical (unpaired) electrons. The van der Waals surface area contributed by atoms with Crippen LogP contribution in [0.5, 0.6) is 11.5 Å². The standard InChI is InChI=1S/C13H6Cl3NO/c14-8-4-5-13(11(16)6-8)18-12-3-1-2-10(15)9(12)7-17/h1-6H. The molecule has 0 N–H and O–H groups in total. The lowest BCUT2D eigenvalue weighted by Gasteiger charge is -2.09.